The van der Waals surface area contributed by atoms with Crippen molar-refractivity contribution in [1.82, 2.24) is 5.32 Å². The summed E-state index contributed by atoms with van der Waals surface area (Å²) in [6.07, 6.45) is -0.251. The molecule has 1 aromatic carbocycles. The number of carbonyl (C=O) groups is 1. The molecule has 6 heteroatoms. The number of nitriles is 1. The summed E-state index contributed by atoms with van der Waals surface area (Å²) >= 11 is 0. The van der Waals surface area contributed by atoms with Crippen LogP contribution >= 0.6 is 0 Å². The van der Waals surface area contributed by atoms with Crippen molar-refractivity contribution >= 4 is 5.91 Å². The quantitative estimate of drug-likeness (QED) is 0.870. The van der Waals surface area contributed by atoms with Gasteiger partial charge in [-0.1, -0.05) is 0 Å². The minimum atomic E-state index is -0.674. The standard InChI is InChI=1S/C12H12F2N2O2/c1-8(16-12(17)4-5-15)7-18-11-6-9(13)2-3-10(11)14/h2-3,6,8H,4,7H2,1H3,(H,16,17)/t8-/m1/s1. The van der Waals surface area contributed by atoms with Crippen molar-refractivity contribution in [3.63, 3.8) is 0 Å². The van der Waals surface area contributed by atoms with Crippen molar-refractivity contribution in [3.8, 4) is 11.8 Å². The number of nitrogens with zero attached hydrogens (tertiary/aromatic N) is 1. The molecule has 0 aliphatic heterocycles. The summed E-state index contributed by atoms with van der Waals surface area (Å²) in [5, 5.41) is 10.8. The maximum Gasteiger partial charge on any atom is 0.234 e. The Bertz CT molecular complexity index is 472. The zero-order valence-corrected chi connectivity index (χ0v) is 9.74. The van der Waals surface area contributed by atoms with Gasteiger partial charge in [-0.15, -0.1) is 0 Å². The lowest BCUT2D eigenvalue weighted by atomic mass is 10.3. The largest absolute Gasteiger partial charge is 0.488 e. The van der Waals surface area contributed by atoms with Crippen molar-refractivity contribution in [1.29, 1.82) is 5.26 Å². The Morgan fingerprint density at radius 1 is 1.56 bits per heavy atom. The second-order valence-corrected chi connectivity index (χ2v) is 3.69. The number of amides is 1. The summed E-state index contributed by atoms with van der Waals surface area (Å²) in [6, 6.07) is 4.17. The van der Waals surface area contributed by atoms with E-state index in [4.69, 9.17) is 10.00 Å². The van der Waals surface area contributed by atoms with Gasteiger partial charge in [-0.25, -0.2) is 8.78 Å². The lowest BCUT2D eigenvalue weighted by Crippen LogP contribution is -2.36. The van der Waals surface area contributed by atoms with Crippen LogP contribution < -0.4 is 10.1 Å². The maximum absolute atomic E-state index is 13.2. The van der Waals surface area contributed by atoms with Gasteiger partial charge in [0.25, 0.3) is 0 Å². The molecule has 1 rings (SSSR count). The number of rotatable bonds is 5. The zero-order chi connectivity index (χ0) is 13.5. The molecule has 0 saturated heterocycles. The summed E-state index contributed by atoms with van der Waals surface area (Å²) in [5.74, 6) is -1.93. The molecular formula is C12H12F2N2O2. The van der Waals surface area contributed by atoms with E-state index in [2.05, 4.69) is 5.32 Å². The summed E-state index contributed by atoms with van der Waals surface area (Å²) in [6.45, 7) is 1.62. The van der Waals surface area contributed by atoms with E-state index in [-0.39, 0.29) is 18.8 Å². The van der Waals surface area contributed by atoms with E-state index >= 15 is 0 Å². The molecule has 0 unspecified atom stereocenters. The first-order chi connectivity index (χ1) is 8.52. The van der Waals surface area contributed by atoms with Crippen molar-refractivity contribution < 1.29 is 18.3 Å². The molecular weight excluding hydrogens is 242 g/mol. The van der Waals surface area contributed by atoms with Crippen molar-refractivity contribution in [2.45, 2.75) is 19.4 Å². The van der Waals surface area contributed by atoms with Crippen LogP contribution in [0.25, 0.3) is 0 Å². The van der Waals surface area contributed by atoms with E-state index in [1.807, 2.05) is 0 Å². The fourth-order valence-electron chi connectivity index (χ4n) is 1.24. The van der Waals surface area contributed by atoms with Gasteiger partial charge in [0.1, 0.15) is 18.8 Å². The van der Waals surface area contributed by atoms with Gasteiger partial charge in [0.2, 0.25) is 5.91 Å². The number of benzene rings is 1. The third-order valence-electron chi connectivity index (χ3n) is 2.03. The molecule has 0 aliphatic rings. The molecule has 0 heterocycles. The predicted molar refractivity (Wildman–Crippen MR) is 59.7 cm³/mol. The smallest absolute Gasteiger partial charge is 0.234 e. The normalized spacial score (nSPS) is 11.4. The van der Waals surface area contributed by atoms with Gasteiger partial charge in [-0.05, 0) is 19.1 Å². The van der Waals surface area contributed by atoms with Crippen LogP contribution in [0.2, 0.25) is 0 Å². The van der Waals surface area contributed by atoms with Gasteiger partial charge in [0.05, 0.1) is 12.1 Å². The third kappa shape index (κ3) is 4.37. The summed E-state index contributed by atoms with van der Waals surface area (Å²) in [7, 11) is 0. The number of hydrogen-bond acceptors (Lipinski definition) is 3. The van der Waals surface area contributed by atoms with Gasteiger partial charge >= 0.3 is 0 Å². The van der Waals surface area contributed by atoms with Gasteiger partial charge in [-0.2, -0.15) is 5.26 Å². The Morgan fingerprint density at radius 3 is 2.94 bits per heavy atom. The Morgan fingerprint density at radius 2 is 2.28 bits per heavy atom. The summed E-state index contributed by atoms with van der Waals surface area (Å²) < 4.78 is 31.1. The molecule has 1 amide bonds. The molecule has 1 aromatic rings. The van der Waals surface area contributed by atoms with Crippen molar-refractivity contribution in [3.05, 3.63) is 29.8 Å². The lowest BCUT2D eigenvalue weighted by molar-refractivity contribution is -0.120. The third-order valence-corrected chi connectivity index (χ3v) is 2.03. The first-order valence-electron chi connectivity index (χ1n) is 5.27. The molecule has 18 heavy (non-hydrogen) atoms. The van der Waals surface area contributed by atoms with Gasteiger partial charge in [0, 0.05) is 6.07 Å². The Labute approximate surface area is 103 Å². The second-order valence-electron chi connectivity index (χ2n) is 3.69. The Hall–Kier alpha value is -2.16. The van der Waals surface area contributed by atoms with Crippen molar-refractivity contribution in [2.24, 2.45) is 0 Å². The van der Waals surface area contributed by atoms with E-state index in [1.165, 1.54) is 0 Å². The highest BCUT2D eigenvalue weighted by atomic mass is 19.1. The molecule has 0 fully saturated rings. The van der Waals surface area contributed by atoms with Gasteiger partial charge in [0.15, 0.2) is 11.6 Å². The fourth-order valence-corrected chi connectivity index (χ4v) is 1.24. The minimum Gasteiger partial charge on any atom is -0.488 e. The highest BCUT2D eigenvalue weighted by Gasteiger charge is 2.10. The second kappa shape index (κ2) is 6.55. The summed E-state index contributed by atoms with van der Waals surface area (Å²) in [4.78, 5) is 11.1. The number of nitrogens with one attached hydrogen (secondary N) is 1. The Balaban J connectivity index is 2.47. The first kappa shape index (κ1) is 13.9. The van der Waals surface area contributed by atoms with E-state index in [9.17, 15) is 13.6 Å². The number of halogens is 2. The first-order valence-corrected chi connectivity index (χ1v) is 5.27. The van der Waals surface area contributed by atoms with Crippen LogP contribution in [0.5, 0.6) is 5.75 Å². The van der Waals surface area contributed by atoms with Gasteiger partial charge in [-0.3, -0.25) is 4.79 Å². The number of ether oxygens (including phenoxy) is 1. The van der Waals surface area contributed by atoms with Crippen molar-refractivity contribution in [2.75, 3.05) is 6.61 Å². The monoisotopic (exact) mass is 254 g/mol. The average Bonchev–Trinajstić information content (AvgIpc) is 2.30. The molecule has 4 nitrogen and oxygen atoms in total. The van der Waals surface area contributed by atoms with Crippen LogP contribution in [0.1, 0.15) is 13.3 Å². The molecule has 1 N–H and O–H groups in total. The topological polar surface area (TPSA) is 62.1 Å². The molecule has 0 radical (unpaired) electrons. The molecule has 0 spiro atoms. The molecule has 96 valence electrons. The molecule has 0 aromatic heterocycles. The lowest BCUT2D eigenvalue weighted by Gasteiger charge is -2.14. The maximum atomic E-state index is 13.2. The zero-order valence-electron chi connectivity index (χ0n) is 9.74. The van der Waals surface area contributed by atoms with E-state index < -0.39 is 23.6 Å². The van der Waals surface area contributed by atoms with E-state index in [1.54, 1.807) is 13.0 Å². The molecule has 0 bridgehead atoms. The summed E-state index contributed by atoms with van der Waals surface area (Å²) in [5.41, 5.74) is 0. The highest BCUT2D eigenvalue weighted by Crippen LogP contribution is 2.17. The fraction of sp³-hybridized carbons (Fsp3) is 0.333. The van der Waals surface area contributed by atoms with E-state index in [0.717, 1.165) is 18.2 Å². The van der Waals surface area contributed by atoms with Crippen LogP contribution in [0, 0.1) is 23.0 Å². The average molecular weight is 254 g/mol. The van der Waals surface area contributed by atoms with Crippen LogP contribution in [-0.2, 0) is 4.79 Å². The predicted octanol–water partition coefficient (Wildman–Crippen LogP) is 1.76. The Kier molecular flexibility index (Phi) is 5.06. The highest BCUT2D eigenvalue weighted by molar-refractivity contribution is 5.78. The van der Waals surface area contributed by atoms with Crippen LogP contribution in [0.3, 0.4) is 0 Å². The number of carbonyl (C=O) groups excluding carboxylic acids is 1. The van der Waals surface area contributed by atoms with E-state index in [0.29, 0.717) is 0 Å². The van der Waals surface area contributed by atoms with Gasteiger partial charge < -0.3 is 10.1 Å². The molecule has 0 saturated carbocycles. The molecule has 0 aliphatic carbocycles. The van der Waals surface area contributed by atoms with Crippen LogP contribution in [0.15, 0.2) is 18.2 Å². The number of hydrogen-bond donors (Lipinski definition) is 1. The SMILES string of the molecule is C[C@H](COc1cc(F)ccc1F)NC(=O)CC#N. The van der Waals surface area contributed by atoms with Crippen LogP contribution in [-0.4, -0.2) is 18.6 Å². The van der Waals surface area contributed by atoms with Crippen LogP contribution in [0.4, 0.5) is 8.78 Å². The minimum absolute atomic E-state index is 0.0163. The molecule has 1 atom stereocenters.